The van der Waals surface area contributed by atoms with Crippen LogP contribution in [0.5, 0.6) is 0 Å². The van der Waals surface area contributed by atoms with E-state index in [2.05, 4.69) is 30.1 Å². The Labute approximate surface area is 176 Å². The van der Waals surface area contributed by atoms with Crippen molar-refractivity contribution in [2.45, 2.75) is 44.6 Å². The van der Waals surface area contributed by atoms with Gasteiger partial charge in [-0.25, -0.2) is 4.79 Å². The highest BCUT2D eigenvalue weighted by Gasteiger charge is 2.32. The highest BCUT2D eigenvalue weighted by atomic mass is 32.1. The Morgan fingerprint density at radius 3 is 2.86 bits per heavy atom. The van der Waals surface area contributed by atoms with Gasteiger partial charge in [0.1, 0.15) is 13.2 Å². The summed E-state index contributed by atoms with van der Waals surface area (Å²) in [5.41, 5.74) is 4.68. The summed E-state index contributed by atoms with van der Waals surface area (Å²) < 4.78 is 10.8. The largest absolute Gasteiger partial charge is 0.457 e. The molecule has 0 spiro atoms. The molecule has 1 amide bonds. The van der Waals surface area contributed by atoms with Crippen LogP contribution in [0.15, 0.2) is 35.9 Å². The number of aliphatic hydroxyl groups is 1. The van der Waals surface area contributed by atoms with Crippen molar-refractivity contribution < 1.29 is 24.2 Å². The van der Waals surface area contributed by atoms with Gasteiger partial charge in [0.05, 0.1) is 5.60 Å². The predicted octanol–water partition coefficient (Wildman–Crippen LogP) is 4.07. The van der Waals surface area contributed by atoms with Gasteiger partial charge in [-0.2, -0.15) is 0 Å². The summed E-state index contributed by atoms with van der Waals surface area (Å²) in [5.74, 6) is -0.289. The zero-order chi connectivity index (χ0) is 21.0. The van der Waals surface area contributed by atoms with Crippen molar-refractivity contribution in [3.63, 3.8) is 0 Å². The average Bonchev–Trinajstić information content (AvgIpc) is 2.98. The van der Waals surface area contributed by atoms with Crippen LogP contribution in [0, 0.1) is 0 Å². The van der Waals surface area contributed by atoms with Crippen molar-refractivity contribution in [2.24, 2.45) is 0 Å². The second kappa shape index (κ2) is 9.15. The predicted molar refractivity (Wildman–Crippen MR) is 115 cm³/mol. The van der Waals surface area contributed by atoms with Gasteiger partial charge in [-0.3, -0.25) is 4.79 Å². The van der Waals surface area contributed by atoms with Gasteiger partial charge in [-0.05, 0) is 61.9 Å². The van der Waals surface area contributed by atoms with Crippen molar-refractivity contribution in [1.82, 2.24) is 0 Å². The molecule has 0 saturated carbocycles. The van der Waals surface area contributed by atoms with Crippen molar-refractivity contribution >= 4 is 35.1 Å². The number of benzene rings is 1. The lowest BCUT2D eigenvalue weighted by Crippen LogP contribution is -2.30. The maximum absolute atomic E-state index is 12.3. The Balaban J connectivity index is 1.73. The molecular formula is C22H27NO5S. The van der Waals surface area contributed by atoms with Crippen LogP contribution in [0.4, 0.5) is 10.5 Å². The van der Waals surface area contributed by atoms with Gasteiger partial charge in [0.25, 0.3) is 0 Å². The first kappa shape index (κ1) is 21.6. The molecule has 1 aromatic carbocycles. The molecule has 7 heteroatoms. The van der Waals surface area contributed by atoms with E-state index in [0.717, 1.165) is 24.0 Å². The molecule has 29 heavy (non-hydrogen) atoms. The molecule has 0 radical (unpaired) electrons. The topological polar surface area (TPSA) is 84.9 Å². The monoisotopic (exact) mass is 417 g/mol. The van der Waals surface area contributed by atoms with Crippen LogP contribution in [0.2, 0.25) is 0 Å². The Morgan fingerprint density at radius 2 is 2.14 bits per heavy atom. The van der Waals surface area contributed by atoms with Crippen LogP contribution < -0.4 is 5.32 Å². The van der Waals surface area contributed by atoms with E-state index in [0.29, 0.717) is 12.1 Å². The molecule has 1 atom stereocenters. The van der Waals surface area contributed by atoms with Crippen LogP contribution in [0.3, 0.4) is 0 Å². The molecule has 2 aliphatic rings. The Bertz CT molecular complexity index is 859. The van der Waals surface area contributed by atoms with Gasteiger partial charge in [-0.1, -0.05) is 36.4 Å². The third-order valence-electron chi connectivity index (χ3n) is 5.31. The van der Waals surface area contributed by atoms with Crippen molar-refractivity contribution in [1.29, 1.82) is 0 Å². The molecule has 1 aromatic rings. The number of anilines is 1. The van der Waals surface area contributed by atoms with Crippen LogP contribution in [0.1, 0.15) is 50.2 Å². The Kier molecular flexibility index (Phi) is 6.82. The minimum absolute atomic E-state index is 0.00377. The second-order valence-electron chi connectivity index (χ2n) is 7.88. The van der Waals surface area contributed by atoms with Crippen LogP contribution in [0.25, 0.3) is 5.57 Å². The number of hydrogen-bond donors (Lipinski definition) is 3. The molecule has 0 aromatic heterocycles. The number of rotatable bonds is 8. The number of carbonyl (C=O) groups is 2. The SMILES string of the molecule is CC(C)(CCO)OCC(=O)Nc1ccc2c(c1)C(COC(=O)S)C1=C2C=CCC1. The third-order valence-corrected chi connectivity index (χ3v) is 5.44. The first-order chi connectivity index (χ1) is 13.8. The second-order valence-corrected chi connectivity index (χ2v) is 8.25. The third kappa shape index (κ3) is 5.29. The highest BCUT2D eigenvalue weighted by molar-refractivity contribution is 7.96. The lowest BCUT2D eigenvalue weighted by Gasteiger charge is -2.24. The smallest absolute Gasteiger partial charge is 0.364 e. The first-order valence-electron chi connectivity index (χ1n) is 9.75. The van der Waals surface area contributed by atoms with E-state index in [1.54, 1.807) is 0 Å². The summed E-state index contributed by atoms with van der Waals surface area (Å²) in [7, 11) is 0. The molecule has 2 N–H and O–H groups in total. The van der Waals surface area contributed by atoms with Gasteiger partial charge in [-0.15, -0.1) is 0 Å². The number of amides is 1. The molecule has 6 nitrogen and oxygen atoms in total. The Hall–Kier alpha value is -2.09. The van der Waals surface area contributed by atoms with Crippen LogP contribution >= 0.6 is 12.6 Å². The number of fused-ring (bicyclic) bond motifs is 2. The van der Waals surface area contributed by atoms with Crippen molar-refractivity contribution in [3.05, 3.63) is 47.1 Å². The zero-order valence-corrected chi connectivity index (χ0v) is 17.6. The number of allylic oxidation sites excluding steroid dienone is 3. The fraction of sp³-hybridized carbons (Fsp3) is 0.455. The lowest BCUT2D eigenvalue weighted by molar-refractivity contribution is -0.127. The summed E-state index contributed by atoms with van der Waals surface area (Å²) in [6, 6.07) is 5.81. The van der Waals surface area contributed by atoms with Gasteiger partial charge in [0.15, 0.2) is 0 Å². The van der Waals surface area contributed by atoms with E-state index in [1.165, 1.54) is 11.1 Å². The zero-order valence-electron chi connectivity index (χ0n) is 16.7. The van der Waals surface area contributed by atoms with Crippen molar-refractivity contribution in [2.75, 3.05) is 25.1 Å². The quantitative estimate of drug-likeness (QED) is 0.439. The minimum atomic E-state index is -0.598. The molecular weight excluding hydrogens is 390 g/mol. The lowest BCUT2D eigenvalue weighted by atomic mass is 9.91. The summed E-state index contributed by atoms with van der Waals surface area (Å²) in [6.07, 6.45) is 6.61. The fourth-order valence-electron chi connectivity index (χ4n) is 3.81. The number of aliphatic hydroxyl groups excluding tert-OH is 1. The van der Waals surface area contributed by atoms with Gasteiger partial charge in [0, 0.05) is 18.2 Å². The van der Waals surface area contributed by atoms with E-state index in [9.17, 15) is 9.59 Å². The molecule has 156 valence electrons. The number of thiol groups is 1. The van der Waals surface area contributed by atoms with Gasteiger partial charge in [0.2, 0.25) is 5.91 Å². The maximum atomic E-state index is 12.3. The molecule has 2 aliphatic carbocycles. The summed E-state index contributed by atoms with van der Waals surface area (Å²) in [5, 5.41) is 11.3. The molecule has 0 saturated heterocycles. The van der Waals surface area contributed by atoms with Crippen LogP contribution in [-0.2, 0) is 14.3 Å². The number of hydrogen-bond acceptors (Lipinski definition) is 5. The normalized spacial score (nSPS) is 17.7. The fourth-order valence-corrected chi connectivity index (χ4v) is 3.89. The average molecular weight is 418 g/mol. The molecule has 0 bridgehead atoms. The summed E-state index contributed by atoms with van der Waals surface area (Å²) >= 11 is 3.71. The summed E-state index contributed by atoms with van der Waals surface area (Å²) in [4.78, 5) is 23.5. The van der Waals surface area contributed by atoms with Gasteiger partial charge >= 0.3 is 5.30 Å². The first-order valence-corrected chi connectivity index (χ1v) is 10.2. The van der Waals surface area contributed by atoms with E-state index in [-0.39, 0.29) is 31.6 Å². The highest BCUT2D eigenvalue weighted by Crippen LogP contribution is 2.47. The van der Waals surface area contributed by atoms with E-state index < -0.39 is 10.9 Å². The van der Waals surface area contributed by atoms with Gasteiger partial charge < -0.3 is 19.9 Å². The number of ether oxygens (including phenoxy) is 2. The minimum Gasteiger partial charge on any atom is -0.457 e. The standard InChI is InChI=1S/C22H27NO5S/c1-22(2,9-10-24)28-13-20(25)23-14-7-8-17-15-5-3-4-6-16(15)19(18(17)11-14)12-27-21(26)29/h3,5,7-8,11,19,24H,4,6,9-10,12-13H2,1-2H3,(H,23,25)(H,26,29). The molecule has 0 heterocycles. The Morgan fingerprint density at radius 1 is 1.34 bits per heavy atom. The van der Waals surface area contributed by atoms with E-state index >= 15 is 0 Å². The maximum Gasteiger partial charge on any atom is 0.364 e. The molecule has 0 fully saturated rings. The van der Waals surface area contributed by atoms with E-state index in [4.69, 9.17) is 14.6 Å². The van der Waals surface area contributed by atoms with Crippen LogP contribution in [-0.4, -0.2) is 41.7 Å². The summed E-state index contributed by atoms with van der Waals surface area (Å²) in [6.45, 7) is 3.82. The molecule has 0 aliphatic heterocycles. The van der Waals surface area contributed by atoms with Crippen molar-refractivity contribution in [3.8, 4) is 0 Å². The molecule has 1 unspecified atom stereocenters. The number of carbonyl (C=O) groups excluding carboxylic acids is 2. The van der Waals surface area contributed by atoms with E-state index in [1.807, 2.05) is 32.0 Å². The number of nitrogens with one attached hydrogen (secondary N) is 1. The molecule has 3 rings (SSSR count).